The highest BCUT2D eigenvalue weighted by Crippen LogP contribution is 2.28. The number of para-hydroxylation sites is 2. The predicted octanol–water partition coefficient (Wildman–Crippen LogP) is 4.65. The fourth-order valence-corrected chi connectivity index (χ4v) is 2.95. The third-order valence-corrected chi connectivity index (χ3v) is 3.88. The molecule has 0 fully saturated rings. The van der Waals surface area contributed by atoms with Crippen LogP contribution < -0.4 is 4.74 Å². The molecule has 4 heteroatoms. The molecule has 0 aliphatic carbocycles. The van der Waals surface area contributed by atoms with Crippen molar-refractivity contribution in [1.29, 1.82) is 0 Å². The van der Waals surface area contributed by atoms with Gasteiger partial charge in [-0.1, -0.05) is 31.2 Å². The number of rotatable bonds is 4. The van der Waals surface area contributed by atoms with Crippen LogP contribution in [-0.4, -0.2) is 16.2 Å². The number of aromatic amines is 1. The molecule has 2 aromatic carbocycles. The Hall–Kier alpha value is -2.07. The first-order chi connectivity index (χ1) is 10.3. The zero-order chi connectivity index (χ0) is 14.8. The molecule has 0 spiro atoms. The summed E-state index contributed by atoms with van der Waals surface area (Å²) in [5, 5.41) is 0. The van der Waals surface area contributed by atoms with Crippen molar-refractivity contribution in [2.45, 2.75) is 20.3 Å². The number of H-pyrrole nitrogens is 1. The van der Waals surface area contributed by atoms with Gasteiger partial charge in [0.05, 0.1) is 17.8 Å². The molecule has 1 aromatic heterocycles. The van der Waals surface area contributed by atoms with Crippen LogP contribution in [0.2, 0.25) is 0 Å². The van der Waals surface area contributed by atoms with Crippen LogP contribution in [-0.2, 0) is 6.42 Å². The molecule has 0 saturated heterocycles. The van der Waals surface area contributed by atoms with Gasteiger partial charge in [0.15, 0.2) is 4.77 Å². The number of nitrogens with one attached hydrogen (secondary N) is 1. The van der Waals surface area contributed by atoms with E-state index in [2.05, 4.69) is 40.7 Å². The summed E-state index contributed by atoms with van der Waals surface area (Å²) in [6.07, 6.45) is 0.968. The molecule has 3 rings (SSSR count). The highest BCUT2D eigenvalue weighted by atomic mass is 32.1. The number of fused-ring (bicyclic) bond motifs is 1. The van der Waals surface area contributed by atoms with Gasteiger partial charge in [-0.15, -0.1) is 0 Å². The Morgan fingerprint density at radius 3 is 2.67 bits per heavy atom. The minimum atomic E-state index is 0.635. The summed E-state index contributed by atoms with van der Waals surface area (Å²) in [6, 6.07) is 14.4. The van der Waals surface area contributed by atoms with Gasteiger partial charge in [0.1, 0.15) is 11.3 Å². The van der Waals surface area contributed by atoms with Crippen molar-refractivity contribution in [3.8, 4) is 11.4 Å². The molecule has 0 bridgehead atoms. The molecule has 3 nitrogen and oxygen atoms in total. The summed E-state index contributed by atoms with van der Waals surface area (Å²) in [4.78, 5) is 3.28. The monoisotopic (exact) mass is 298 g/mol. The molecule has 0 amide bonds. The third-order valence-electron chi connectivity index (χ3n) is 3.59. The Labute approximate surface area is 129 Å². The summed E-state index contributed by atoms with van der Waals surface area (Å²) < 4.78 is 8.47. The first-order valence-electron chi connectivity index (χ1n) is 7.21. The van der Waals surface area contributed by atoms with Crippen LogP contribution in [0.3, 0.4) is 0 Å². The maximum absolute atomic E-state index is 5.69. The van der Waals surface area contributed by atoms with Crippen molar-refractivity contribution in [2.24, 2.45) is 0 Å². The van der Waals surface area contributed by atoms with E-state index in [1.54, 1.807) is 0 Å². The molecule has 0 unspecified atom stereocenters. The van der Waals surface area contributed by atoms with E-state index in [1.165, 1.54) is 5.56 Å². The van der Waals surface area contributed by atoms with E-state index in [9.17, 15) is 0 Å². The second-order valence-corrected chi connectivity index (χ2v) is 5.22. The van der Waals surface area contributed by atoms with E-state index in [0.717, 1.165) is 28.9 Å². The number of ether oxygens (including phenoxy) is 1. The van der Waals surface area contributed by atoms with Gasteiger partial charge in [0, 0.05) is 0 Å². The molecule has 3 aromatic rings. The van der Waals surface area contributed by atoms with Crippen LogP contribution in [0, 0.1) is 4.77 Å². The topological polar surface area (TPSA) is 29.9 Å². The minimum absolute atomic E-state index is 0.635. The van der Waals surface area contributed by atoms with E-state index in [0.29, 0.717) is 11.4 Å². The smallest absolute Gasteiger partial charge is 0.182 e. The summed E-state index contributed by atoms with van der Waals surface area (Å²) in [7, 11) is 0. The lowest BCUT2D eigenvalue weighted by atomic mass is 10.1. The summed E-state index contributed by atoms with van der Waals surface area (Å²) in [5.41, 5.74) is 4.41. The minimum Gasteiger partial charge on any atom is -0.492 e. The van der Waals surface area contributed by atoms with Crippen LogP contribution in [0.1, 0.15) is 19.4 Å². The molecule has 1 heterocycles. The number of hydrogen-bond donors (Lipinski definition) is 1. The van der Waals surface area contributed by atoms with Crippen LogP contribution >= 0.6 is 12.2 Å². The van der Waals surface area contributed by atoms with Crippen molar-refractivity contribution in [1.82, 2.24) is 9.55 Å². The van der Waals surface area contributed by atoms with Gasteiger partial charge >= 0.3 is 0 Å². The molecular formula is C17H18N2OS. The van der Waals surface area contributed by atoms with Gasteiger partial charge < -0.3 is 9.72 Å². The van der Waals surface area contributed by atoms with Gasteiger partial charge in [-0.25, -0.2) is 0 Å². The van der Waals surface area contributed by atoms with Crippen LogP contribution in [0.25, 0.3) is 16.7 Å². The number of benzene rings is 2. The van der Waals surface area contributed by atoms with Crippen LogP contribution in [0.5, 0.6) is 5.75 Å². The Balaban J connectivity index is 2.31. The van der Waals surface area contributed by atoms with Crippen LogP contribution in [0.15, 0.2) is 42.5 Å². The van der Waals surface area contributed by atoms with E-state index in [-0.39, 0.29) is 0 Å². The molecule has 0 aliphatic rings. The van der Waals surface area contributed by atoms with Crippen molar-refractivity contribution < 1.29 is 4.74 Å². The standard InChI is InChI=1S/C17H18N2OS/c1-3-12-8-5-6-9-13(12)19-14-10-7-11-15(20-4-2)16(14)18-17(19)21/h5-11H,3-4H2,1-2H3,(H,18,21). The summed E-state index contributed by atoms with van der Waals surface area (Å²) >= 11 is 5.54. The largest absolute Gasteiger partial charge is 0.492 e. The molecule has 0 saturated carbocycles. The number of nitrogens with zero attached hydrogens (tertiary/aromatic N) is 1. The lowest BCUT2D eigenvalue weighted by Gasteiger charge is -2.10. The number of imidazole rings is 1. The lowest BCUT2D eigenvalue weighted by molar-refractivity contribution is 0.343. The van der Waals surface area contributed by atoms with Crippen molar-refractivity contribution in [3.63, 3.8) is 0 Å². The molecule has 0 atom stereocenters. The third kappa shape index (κ3) is 2.36. The zero-order valence-corrected chi connectivity index (χ0v) is 13.0. The fraction of sp³-hybridized carbons (Fsp3) is 0.235. The molecule has 1 N–H and O–H groups in total. The lowest BCUT2D eigenvalue weighted by Crippen LogP contribution is -1.99. The van der Waals surface area contributed by atoms with Gasteiger partial charge in [-0.3, -0.25) is 4.57 Å². The molecule has 21 heavy (non-hydrogen) atoms. The number of aromatic nitrogens is 2. The van der Waals surface area contributed by atoms with Gasteiger partial charge in [-0.05, 0) is 49.3 Å². The quantitative estimate of drug-likeness (QED) is 0.711. The zero-order valence-electron chi connectivity index (χ0n) is 12.2. The Bertz CT molecular complexity index is 832. The van der Waals surface area contributed by atoms with Gasteiger partial charge in [0.25, 0.3) is 0 Å². The summed E-state index contributed by atoms with van der Waals surface area (Å²) in [5.74, 6) is 0.842. The predicted molar refractivity (Wildman–Crippen MR) is 89.0 cm³/mol. The normalized spacial score (nSPS) is 11.0. The highest BCUT2D eigenvalue weighted by molar-refractivity contribution is 7.71. The maximum Gasteiger partial charge on any atom is 0.182 e. The van der Waals surface area contributed by atoms with E-state index in [4.69, 9.17) is 17.0 Å². The second-order valence-electron chi connectivity index (χ2n) is 4.83. The van der Waals surface area contributed by atoms with Crippen molar-refractivity contribution in [3.05, 3.63) is 52.8 Å². The van der Waals surface area contributed by atoms with E-state index >= 15 is 0 Å². The van der Waals surface area contributed by atoms with E-state index in [1.807, 2.05) is 25.1 Å². The Kier molecular flexibility index (Phi) is 3.80. The van der Waals surface area contributed by atoms with Gasteiger partial charge in [-0.2, -0.15) is 0 Å². The number of hydrogen-bond acceptors (Lipinski definition) is 2. The number of aryl methyl sites for hydroxylation is 1. The SMILES string of the molecule is CCOc1cccc2c1[nH]c(=S)n2-c1ccccc1CC. The summed E-state index contributed by atoms with van der Waals surface area (Å²) in [6.45, 7) is 4.77. The molecule has 0 aliphatic heterocycles. The average molecular weight is 298 g/mol. The van der Waals surface area contributed by atoms with Crippen LogP contribution in [0.4, 0.5) is 0 Å². The maximum atomic E-state index is 5.69. The molecular weight excluding hydrogens is 280 g/mol. The molecule has 108 valence electrons. The van der Waals surface area contributed by atoms with Crippen molar-refractivity contribution in [2.75, 3.05) is 6.61 Å². The molecule has 0 radical (unpaired) electrons. The fourth-order valence-electron chi connectivity index (χ4n) is 2.65. The first-order valence-corrected chi connectivity index (χ1v) is 7.62. The van der Waals surface area contributed by atoms with E-state index < -0.39 is 0 Å². The Morgan fingerprint density at radius 1 is 1.10 bits per heavy atom. The Morgan fingerprint density at radius 2 is 1.90 bits per heavy atom. The first kappa shape index (κ1) is 13.9. The second kappa shape index (κ2) is 5.74. The highest BCUT2D eigenvalue weighted by Gasteiger charge is 2.12. The van der Waals surface area contributed by atoms with Crippen molar-refractivity contribution >= 4 is 23.3 Å². The van der Waals surface area contributed by atoms with Gasteiger partial charge in [0.2, 0.25) is 0 Å². The average Bonchev–Trinajstić information content (AvgIpc) is 2.84.